The van der Waals surface area contributed by atoms with Gasteiger partial charge >= 0.3 is 0 Å². The molecule has 6 aromatic carbocycles. The average Bonchev–Trinajstić information content (AvgIpc) is 3.73. The molecule has 0 amide bonds. The molecule has 0 unspecified atom stereocenters. The number of anilines is 3. The lowest BCUT2D eigenvalue weighted by atomic mass is 9.43. The number of thiophene rings is 1. The van der Waals surface area contributed by atoms with Crippen LogP contribution in [0, 0.1) is 23.7 Å². The average molecular weight is 746 g/mol. The Kier molecular flexibility index (Phi) is 6.99. The molecule has 13 rings (SSSR count). The van der Waals surface area contributed by atoms with Crippen molar-refractivity contribution in [2.45, 2.75) is 88.9 Å². The molecule has 0 N–H and O–H groups in total. The minimum absolute atomic E-state index is 0.0591. The zero-order valence-corrected chi connectivity index (χ0v) is 34.1. The van der Waals surface area contributed by atoms with E-state index in [1.165, 1.54) is 116 Å². The van der Waals surface area contributed by atoms with Crippen LogP contribution in [0.2, 0.25) is 0 Å². The van der Waals surface area contributed by atoms with Gasteiger partial charge in [0.2, 0.25) is 0 Å². The monoisotopic (exact) mass is 745 g/mol. The van der Waals surface area contributed by atoms with Gasteiger partial charge in [-0.25, -0.2) is 0 Å². The lowest BCUT2D eigenvalue weighted by molar-refractivity contribution is -0.0399. The molecule has 0 radical (unpaired) electrons. The third-order valence-electron chi connectivity index (χ3n) is 15.7. The molecule has 4 fully saturated rings. The lowest BCUT2D eigenvalue weighted by Crippen LogP contribution is -2.55. The summed E-state index contributed by atoms with van der Waals surface area (Å²) in [4.78, 5) is 2.60. The van der Waals surface area contributed by atoms with Crippen LogP contribution in [-0.4, -0.2) is 0 Å². The molecule has 2 heteroatoms. The van der Waals surface area contributed by atoms with E-state index in [1.807, 2.05) is 11.3 Å². The Morgan fingerprint density at radius 2 is 1.14 bits per heavy atom. The predicted molar refractivity (Wildman–Crippen MR) is 238 cm³/mol. The van der Waals surface area contributed by atoms with Gasteiger partial charge in [0.05, 0.1) is 16.1 Å². The van der Waals surface area contributed by atoms with Gasteiger partial charge in [-0.15, -0.1) is 11.3 Å². The highest BCUT2D eigenvalue weighted by molar-refractivity contribution is 7.26. The first kappa shape index (κ1) is 33.5. The molecule has 1 aromatic heterocycles. The van der Waals surface area contributed by atoms with E-state index in [1.54, 1.807) is 11.1 Å². The summed E-state index contributed by atoms with van der Waals surface area (Å²) in [7, 11) is 0. The molecule has 1 spiro atoms. The van der Waals surface area contributed by atoms with E-state index in [9.17, 15) is 0 Å². The van der Waals surface area contributed by atoms with Gasteiger partial charge in [-0.3, -0.25) is 0 Å². The number of nitrogens with zero attached hydrogens (tertiary/aromatic N) is 1. The predicted octanol–water partition coefficient (Wildman–Crippen LogP) is 15.3. The first-order chi connectivity index (χ1) is 27.2. The van der Waals surface area contributed by atoms with Crippen molar-refractivity contribution in [3.8, 4) is 22.3 Å². The summed E-state index contributed by atoms with van der Waals surface area (Å²) in [6.45, 7) is 9.82. The van der Waals surface area contributed by atoms with E-state index in [-0.39, 0.29) is 16.2 Å². The molecule has 0 saturated heterocycles. The minimum Gasteiger partial charge on any atom is -0.309 e. The van der Waals surface area contributed by atoms with Gasteiger partial charge in [-0.05, 0) is 160 Å². The molecule has 0 atom stereocenters. The van der Waals surface area contributed by atoms with Crippen molar-refractivity contribution in [3.05, 3.63) is 150 Å². The highest BCUT2D eigenvalue weighted by atomic mass is 32.1. The Morgan fingerprint density at radius 3 is 1.95 bits per heavy atom. The van der Waals surface area contributed by atoms with Gasteiger partial charge in [0, 0.05) is 26.6 Å². The van der Waals surface area contributed by atoms with Gasteiger partial charge in [-0.1, -0.05) is 119 Å². The summed E-state index contributed by atoms with van der Waals surface area (Å²) in [5.74, 6) is 3.44. The topological polar surface area (TPSA) is 3.24 Å². The Balaban J connectivity index is 1.02. The molecule has 1 heterocycles. The summed E-state index contributed by atoms with van der Waals surface area (Å²) in [5.41, 5.74) is 16.1. The third kappa shape index (κ3) is 4.54. The van der Waals surface area contributed by atoms with Crippen LogP contribution in [0.4, 0.5) is 17.1 Å². The van der Waals surface area contributed by atoms with Crippen molar-refractivity contribution in [2.24, 2.45) is 23.7 Å². The molecular weight excluding hydrogens is 695 g/mol. The van der Waals surface area contributed by atoms with Gasteiger partial charge in [0.25, 0.3) is 0 Å². The quantitative estimate of drug-likeness (QED) is 0.173. The van der Waals surface area contributed by atoms with Crippen LogP contribution in [0.25, 0.3) is 42.4 Å². The highest BCUT2D eigenvalue weighted by Crippen LogP contribution is 2.69. The fourth-order valence-electron chi connectivity index (χ4n) is 13.3. The Morgan fingerprint density at radius 1 is 0.518 bits per heavy atom. The zero-order valence-electron chi connectivity index (χ0n) is 33.2. The second kappa shape index (κ2) is 11.7. The summed E-state index contributed by atoms with van der Waals surface area (Å²) >= 11 is 1.93. The summed E-state index contributed by atoms with van der Waals surface area (Å²) in [6, 6.07) is 49.6. The first-order valence-electron chi connectivity index (χ1n) is 21.4. The van der Waals surface area contributed by atoms with Crippen molar-refractivity contribution in [3.63, 3.8) is 0 Å². The molecule has 6 aliphatic carbocycles. The maximum absolute atomic E-state index is 2.64. The third-order valence-corrected chi connectivity index (χ3v) is 16.9. The Hall–Kier alpha value is -4.66. The van der Waals surface area contributed by atoms with Crippen molar-refractivity contribution in [2.75, 3.05) is 4.90 Å². The molecule has 6 aliphatic rings. The highest BCUT2D eigenvalue weighted by Gasteiger charge is 2.61. The van der Waals surface area contributed by atoms with Crippen LogP contribution in [0.1, 0.15) is 94.9 Å². The van der Waals surface area contributed by atoms with Crippen LogP contribution >= 0.6 is 11.3 Å². The van der Waals surface area contributed by atoms with E-state index in [2.05, 4.69) is 160 Å². The van der Waals surface area contributed by atoms with Gasteiger partial charge in [0.15, 0.2) is 0 Å². The molecule has 1 nitrogen and oxygen atoms in total. The normalized spacial score (nSPS) is 26.1. The summed E-state index contributed by atoms with van der Waals surface area (Å²) in [5, 5.41) is 2.68. The number of benzene rings is 6. The Labute approximate surface area is 336 Å². The Bertz CT molecular complexity index is 2700. The van der Waals surface area contributed by atoms with Crippen LogP contribution in [0.3, 0.4) is 0 Å². The molecule has 56 heavy (non-hydrogen) atoms. The van der Waals surface area contributed by atoms with E-state index in [4.69, 9.17) is 0 Å². The van der Waals surface area contributed by atoms with Gasteiger partial charge < -0.3 is 4.90 Å². The minimum atomic E-state index is 0.0591. The second-order valence-electron chi connectivity index (χ2n) is 19.6. The van der Waals surface area contributed by atoms with Crippen LogP contribution in [0.15, 0.2) is 127 Å². The standard InChI is InChI=1S/C54H51NS/c1-52(2)25-26-53(3,4)50-45(52)15-10-16-47(50)55(48-17-9-13-43-42-12-6-8-18-49(42)56-51(43)48)39-22-19-35(20-23-39)36-21-24-41-40-11-5-7-14-44(40)54(46(41)32-36)37-28-33-27-34(30-37)31-38(54)29-33/h5-24,32-34,37-38H,25-31H2,1-4H3. The molecule has 0 aliphatic heterocycles. The first-order valence-corrected chi connectivity index (χ1v) is 22.2. The number of hydrogen-bond acceptors (Lipinski definition) is 2. The molecule has 278 valence electrons. The van der Waals surface area contributed by atoms with Crippen molar-refractivity contribution < 1.29 is 0 Å². The largest absolute Gasteiger partial charge is 0.309 e. The van der Waals surface area contributed by atoms with Gasteiger partial charge in [-0.2, -0.15) is 0 Å². The van der Waals surface area contributed by atoms with Crippen molar-refractivity contribution in [1.82, 2.24) is 0 Å². The fraction of sp³-hybridized carbons (Fsp3) is 0.333. The van der Waals surface area contributed by atoms with Crippen LogP contribution < -0.4 is 4.90 Å². The van der Waals surface area contributed by atoms with Gasteiger partial charge in [0.1, 0.15) is 0 Å². The van der Waals surface area contributed by atoms with Crippen LogP contribution in [0.5, 0.6) is 0 Å². The number of rotatable bonds is 4. The smallest absolute Gasteiger partial charge is 0.0640 e. The molecule has 4 saturated carbocycles. The second-order valence-corrected chi connectivity index (χ2v) is 20.6. The van der Waals surface area contributed by atoms with E-state index in [0.717, 1.165) is 23.7 Å². The van der Waals surface area contributed by atoms with Crippen molar-refractivity contribution >= 4 is 48.6 Å². The fourth-order valence-corrected chi connectivity index (χ4v) is 14.5. The van der Waals surface area contributed by atoms with Crippen molar-refractivity contribution in [1.29, 1.82) is 0 Å². The number of hydrogen-bond donors (Lipinski definition) is 0. The molecule has 7 aromatic rings. The SMILES string of the molecule is CC1(C)CCC(C)(C)c2c(N(c3ccc(-c4ccc5c(c4)C4(c6ccccc6-5)C5CC6CC(C5)CC4C6)cc3)c3cccc4c3sc3ccccc34)cccc21. The van der Waals surface area contributed by atoms with E-state index < -0.39 is 0 Å². The lowest BCUT2D eigenvalue weighted by Gasteiger charge is -2.61. The maximum Gasteiger partial charge on any atom is 0.0640 e. The van der Waals surface area contributed by atoms with E-state index >= 15 is 0 Å². The number of fused-ring (bicyclic) bond motifs is 7. The molecule has 4 bridgehead atoms. The summed E-state index contributed by atoms with van der Waals surface area (Å²) < 4.78 is 2.69. The summed E-state index contributed by atoms with van der Waals surface area (Å²) in [6.07, 6.45) is 9.53. The molecular formula is C54H51NS. The zero-order chi connectivity index (χ0) is 37.6. The van der Waals surface area contributed by atoms with Crippen LogP contribution in [-0.2, 0) is 16.2 Å². The van der Waals surface area contributed by atoms with E-state index in [0.29, 0.717) is 0 Å². The maximum atomic E-state index is 2.64.